The minimum absolute atomic E-state index is 0.103. The van der Waals surface area contributed by atoms with Crippen LogP contribution in [0, 0.1) is 0 Å². The molecule has 0 aliphatic rings. The van der Waals surface area contributed by atoms with Crippen molar-refractivity contribution in [2.45, 2.75) is 6.54 Å². The number of rotatable bonds is 5. The monoisotopic (exact) mass is 389 g/mol. The molecule has 1 N–H and O–H groups in total. The van der Waals surface area contributed by atoms with Gasteiger partial charge in [0.1, 0.15) is 5.69 Å². The predicted octanol–water partition coefficient (Wildman–Crippen LogP) is 3.89. The Labute approximate surface area is 161 Å². The zero-order chi connectivity index (χ0) is 18.7. The van der Waals surface area contributed by atoms with Crippen molar-refractivity contribution in [3.63, 3.8) is 0 Å². The minimum Gasteiger partial charge on any atom is -0.379 e. The van der Waals surface area contributed by atoms with Gasteiger partial charge in [0.2, 0.25) is 0 Å². The molecule has 6 nitrogen and oxygen atoms in total. The average molecular weight is 390 g/mol. The van der Waals surface area contributed by atoms with E-state index in [4.69, 9.17) is 23.2 Å². The van der Waals surface area contributed by atoms with Crippen LogP contribution in [0.5, 0.6) is 0 Å². The summed E-state index contributed by atoms with van der Waals surface area (Å²) in [5.74, 6) is -0.103. The van der Waals surface area contributed by atoms with Gasteiger partial charge in [-0.1, -0.05) is 28.4 Å². The Kier molecular flexibility index (Phi) is 5.44. The Morgan fingerprint density at radius 3 is 2.50 bits per heavy atom. The molecule has 0 bridgehead atoms. The highest BCUT2D eigenvalue weighted by Crippen LogP contribution is 2.23. The summed E-state index contributed by atoms with van der Waals surface area (Å²) in [6.07, 6.45) is 1.81. The predicted molar refractivity (Wildman–Crippen MR) is 103 cm³/mol. The zero-order valence-electron chi connectivity index (χ0n) is 14.3. The third kappa shape index (κ3) is 4.15. The minimum atomic E-state index is -0.103. The Balaban J connectivity index is 1.76. The van der Waals surface area contributed by atoms with Crippen molar-refractivity contribution in [2.24, 2.45) is 0 Å². The average Bonchev–Trinajstić information content (AvgIpc) is 3.09. The largest absolute Gasteiger partial charge is 0.379 e. The molecule has 0 spiro atoms. The number of amides is 1. The van der Waals surface area contributed by atoms with Crippen LogP contribution in [-0.4, -0.2) is 39.9 Å². The first kappa shape index (κ1) is 18.2. The Morgan fingerprint density at radius 1 is 1.12 bits per heavy atom. The van der Waals surface area contributed by atoms with Crippen LogP contribution in [0.2, 0.25) is 10.0 Å². The molecule has 26 heavy (non-hydrogen) atoms. The summed E-state index contributed by atoms with van der Waals surface area (Å²) in [5, 5.41) is 12.7. The van der Waals surface area contributed by atoms with Gasteiger partial charge < -0.3 is 10.2 Å². The fraction of sp³-hybridized carbons (Fsp3) is 0.167. The van der Waals surface area contributed by atoms with Gasteiger partial charge in [-0.2, -0.15) is 0 Å². The van der Waals surface area contributed by atoms with Crippen molar-refractivity contribution >= 4 is 34.8 Å². The van der Waals surface area contributed by atoms with E-state index < -0.39 is 0 Å². The second kappa shape index (κ2) is 7.76. The van der Waals surface area contributed by atoms with Gasteiger partial charge in [0, 0.05) is 29.8 Å². The molecule has 0 radical (unpaired) electrons. The number of hydrogen-bond donors (Lipinski definition) is 1. The first-order valence-electron chi connectivity index (χ1n) is 7.86. The number of carbonyl (C=O) groups excluding carboxylic acids is 1. The topological polar surface area (TPSA) is 63.1 Å². The zero-order valence-corrected chi connectivity index (χ0v) is 15.8. The fourth-order valence-electron chi connectivity index (χ4n) is 2.38. The normalized spacial score (nSPS) is 10.6. The van der Waals surface area contributed by atoms with Crippen LogP contribution < -0.4 is 5.32 Å². The summed E-state index contributed by atoms with van der Waals surface area (Å²) in [6.45, 7) is 0.404. The Bertz CT molecular complexity index is 922. The van der Waals surface area contributed by atoms with Gasteiger partial charge in [-0.3, -0.25) is 4.79 Å². The van der Waals surface area contributed by atoms with Crippen LogP contribution >= 0.6 is 23.2 Å². The van der Waals surface area contributed by atoms with Crippen LogP contribution in [0.15, 0.2) is 48.7 Å². The fourth-order valence-corrected chi connectivity index (χ4v) is 2.67. The lowest BCUT2D eigenvalue weighted by atomic mass is 10.1. The van der Waals surface area contributed by atoms with Gasteiger partial charge in [-0.05, 0) is 42.5 Å². The van der Waals surface area contributed by atoms with Crippen molar-refractivity contribution in [3.05, 3.63) is 70.0 Å². The molecule has 0 atom stereocenters. The number of carbonyl (C=O) groups is 1. The smallest absolute Gasteiger partial charge is 0.255 e. The standard InChI is InChI=1S/C18H17Cl2N5O/c1-24(2)18(26)16-8-5-13(20)9-17(16)21-10-14-11-25(23-22-14)15-6-3-12(19)4-7-15/h3-9,11,21H,10H2,1-2H3. The lowest BCUT2D eigenvalue weighted by molar-refractivity contribution is 0.0828. The van der Waals surface area contributed by atoms with E-state index in [-0.39, 0.29) is 5.91 Å². The molecule has 0 saturated heterocycles. The molecule has 2 aromatic carbocycles. The van der Waals surface area contributed by atoms with Gasteiger partial charge in [0.05, 0.1) is 24.0 Å². The molecular formula is C18H17Cl2N5O. The van der Waals surface area contributed by atoms with Crippen LogP contribution in [0.25, 0.3) is 5.69 Å². The Hall–Kier alpha value is -2.57. The lowest BCUT2D eigenvalue weighted by Gasteiger charge is -2.15. The van der Waals surface area contributed by atoms with Crippen molar-refractivity contribution in [1.29, 1.82) is 0 Å². The second-order valence-corrected chi connectivity index (χ2v) is 6.75. The lowest BCUT2D eigenvalue weighted by Crippen LogP contribution is -2.23. The van der Waals surface area contributed by atoms with Crippen molar-refractivity contribution in [1.82, 2.24) is 19.9 Å². The Morgan fingerprint density at radius 2 is 1.81 bits per heavy atom. The van der Waals surface area contributed by atoms with Crippen LogP contribution in [-0.2, 0) is 6.54 Å². The summed E-state index contributed by atoms with van der Waals surface area (Å²) < 4.78 is 1.66. The van der Waals surface area contributed by atoms with Gasteiger partial charge in [-0.15, -0.1) is 5.10 Å². The quantitative estimate of drug-likeness (QED) is 0.718. The highest BCUT2D eigenvalue weighted by molar-refractivity contribution is 6.31. The number of nitrogens with zero attached hydrogens (tertiary/aromatic N) is 4. The highest BCUT2D eigenvalue weighted by atomic mass is 35.5. The summed E-state index contributed by atoms with van der Waals surface area (Å²) in [6, 6.07) is 12.4. The molecule has 0 unspecified atom stereocenters. The van der Waals surface area contributed by atoms with Crippen LogP contribution in [0.3, 0.4) is 0 Å². The van der Waals surface area contributed by atoms with E-state index >= 15 is 0 Å². The number of nitrogens with one attached hydrogen (secondary N) is 1. The molecule has 1 amide bonds. The molecule has 0 fully saturated rings. The van der Waals surface area contributed by atoms with Crippen molar-refractivity contribution < 1.29 is 4.79 Å². The highest BCUT2D eigenvalue weighted by Gasteiger charge is 2.14. The molecule has 3 aromatic rings. The number of benzene rings is 2. The van der Waals surface area contributed by atoms with E-state index in [9.17, 15) is 4.79 Å². The maximum Gasteiger partial charge on any atom is 0.255 e. The number of hydrogen-bond acceptors (Lipinski definition) is 4. The molecule has 0 aliphatic heterocycles. The maximum absolute atomic E-state index is 12.3. The van der Waals surface area contributed by atoms with E-state index in [2.05, 4.69) is 15.6 Å². The van der Waals surface area contributed by atoms with Crippen LogP contribution in [0.4, 0.5) is 5.69 Å². The third-order valence-electron chi connectivity index (χ3n) is 3.71. The molecule has 8 heteroatoms. The maximum atomic E-state index is 12.3. The summed E-state index contributed by atoms with van der Waals surface area (Å²) in [5.41, 5.74) is 2.78. The summed E-state index contributed by atoms with van der Waals surface area (Å²) >= 11 is 12.0. The van der Waals surface area contributed by atoms with E-state index in [0.29, 0.717) is 27.8 Å². The third-order valence-corrected chi connectivity index (χ3v) is 4.20. The van der Waals surface area contributed by atoms with E-state index in [1.807, 2.05) is 18.3 Å². The SMILES string of the molecule is CN(C)C(=O)c1ccc(Cl)cc1NCc1cn(-c2ccc(Cl)cc2)nn1. The first-order valence-corrected chi connectivity index (χ1v) is 8.62. The van der Waals surface area contributed by atoms with Crippen molar-refractivity contribution in [3.8, 4) is 5.69 Å². The second-order valence-electron chi connectivity index (χ2n) is 5.87. The number of anilines is 1. The van der Waals surface area contributed by atoms with E-state index in [1.54, 1.807) is 49.1 Å². The first-order chi connectivity index (χ1) is 12.4. The molecule has 0 saturated carbocycles. The number of halogens is 2. The van der Waals surface area contributed by atoms with Gasteiger partial charge in [0.15, 0.2) is 0 Å². The van der Waals surface area contributed by atoms with Crippen LogP contribution in [0.1, 0.15) is 16.1 Å². The van der Waals surface area contributed by atoms with Gasteiger partial charge in [-0.25, -0.2) is 4.68 Å². The summed E-state index contributed by atoms with van der Waals surface area (Å²) in [4.78, 5) is 13.8. The summed E-state index contributed by atoms with van der Waals surface area (Å²) in [7, 11) is 3.41. The molecule has 1 aromatic heterocycles. The van der Waals surface area contributed by atoms with E-state index in [1.165, 1.54) is 4.90 Å². The molecule has 1 heterocycles. The molecular weight excluding hydrogens is 373 g/mol. The molecule has 3 rings (SSSR count). The van der Waals surface area contributed by atoms with Gasteiger partial charge in [0.25, 0.3) is 5.91 Å². The number of aromatic nitrogens is 3. The molecule has 134 valence electrons. The van der Waals surface area contributed by atoms with Gasteiger partial charge >= 0.3 is 0 Å². The van der Waals surface area contributed by atoms with Crippen molar-refractivity contribution in [2.75, 3.05) is 19.4 Å². The van der Waals surface area contributed by atoms with E-state index in [0.717, 1.165) is 11.4 Å². The molecule has 0 aliphatic carbocycles.